The Morgan fingerprint density at radius 2 is 1.88 bits per heavy atom. The fourth-order valence-electron chi connectivity index (χ4n) is 3.10. The van der Waals surface area contributed by atoms with E-state index >= 15 is 0 Å². The Bertz CT molecular complexity index is 1270. The normalized spacial score (nSPS) is 11.1. The van der Waals surface area contributed by atoms with Crippen molar-refractivity contribution in [1.29, 1.82) is 0 Å². The first kappa shape index (κ1) is 23.4. The molecule has 1 heterocycles. The molecule has 0 aliphatic rings. The van der Waals surface area contributed by atoms with Crippen LogP contribution in [0.15, 0.2) is 47.8 Å². The molecule has 0 saturated heterocycles. The summed E-state index contributed by atoms with van der Waals surface area (Å²) in [7, 11) is -3.55. The summed E-state index contributed by atoms with van der Waals surface area (Å²) in [5.74, 6) is -0.875. The molecule has 0 radical (unpaired) electrons. The van der Waals surface area contributed by atoms with Crippen molar-refractivity contribution in [3.63, 3.8) is 0 Å². The van der Waals surface area contributed by atoms with Crippen molar-refractivity contribution in [3.05, 3.63) is 70.2 Å². The summed E-state index contributed by atoms with van der Waals surface area (Å²) in [6.07, 6.45) is 1.00. The van der Waals surface area contributed by atoms with Crippen LogP contribution in [0.2, 0.25) is 0 Å². The lowest BCUT2D eigenvalue weighted by Crippen LogP contribution is -2.23. The Morgan fingerprint density at radius 1 is 1.16 bits per heavy atom. The summed E-state index contributed by atoms with van der Waals surface area (Å²) < 4.78 is 30.7. The number of carbonyl (C=O) groups excluding carboxylic acids is 2. The molecule has 0 aliphatic carbocycles. The number of anilines is 3. The molecule has 2 aromatic carbocycles. The summed E-state index contributed by atoms with van der Waals surface area (Å²) in [6.45, 7) is 5.25. The highest BCUT2D eigenvalue weighted by atomic mass is 32.2. The number of hydrogen-bond acceptors (Lipinski definition) is 7. The fourth-order valence-corrected chi connectivity index (χ4v) is 4.54. The Balaban J connectivity index is 1.77. The van der Waals surface area contributed by atoms with Crippen LogP contribution in [0, 0.1) is 13.8 Å². The molecule has 32 heavy (non-hydrogen) atoms. The van der Waals surface area contributed by atoms with Crippen LogP contribution in [0.4, 0.5) is 16.5 Å². The third kappa shape index (κ3) is 5.71. The van der Waals surface area contributed by atoms with E-state index in [0.717, 1.165) is 23.1 Å². The van der Waals surface area contributed by atoms with E-state index in [9.17, 15) is 18.0 Å². The molecule has 0 bridgehead atoms. The molecule has 0 unspecified atom stereocenters. The molecular formula is C22H23N3O5S2. The van der Waals surface area contributed by atoms with E-state index in [1.54, 1.807) is 17.5 Å². The maximum atomic E-state index is 12.5. The van der Waals surface area contributed by atoms with Gasteiger partial charge in [0.05, 0.1) is 28.9 Å². The van der Waals surface area contributed by atoms with Gasteiger partial charge in [-0.05, 0) is 37.6 Å². The zero-order valence-electron chi connectivity index (χ0n) is 18.1. The van der Waals surface area contributed by atoms with Crippen LogP contribution in [0.3, 0.4) is 0 Å². The van der Waals surface area contributed by atoms with E-state index in [4.69, 9.17) is 4.74 Å². The number of thiazole rings is 1. The number of nitrogens with zero attached hydrogens (tertiary/aromatic N) is 2. The van der Waals surface area contributed by atoms with E-state index in [2.05, 4.69) is 9.71 Å². The Morgan fingerprint density at radius 3 is 2.53 bits per heavy atom. The van der Waals surface area contributed by atoms with Gasteiger partial charge in [0.15, 0.2) is 5.13 Å². The number of aryl methyl sites for hydroxylation is 2. The molecule has 1 amide bonds. The van der Waals surface area contributed by atoms with Crippen LogP contribution in [0.5, 0.6) is 0 Å². The molecule has 10 heteroatoms. The largest absolute Gasteiger partial charge is 0.455 e. The number of aromatic nitrogens is 1. The summed E-state index contributed by atoms with van der Waals surface area (Å²) in [5, 5.41) is 2.18. The molecular weight excluding hydrogens is 450 g/mol. The number of rotatable bonds is 7. The quantitative estimate of drug-likeness (QED) is 0.516. The molecule has 0 atom stereocenters. The van der Waals surface area contributed by atoms with Gasteiger partial charge in [-0.1, -0.05) is 29.8 Å². The van der Waals surface area contributed by atoms with Gasteiger partial charge in [-0.15, -0.1) is 11.3 Å². The van der Waals surface area contributed by atoms with Gasteiger partial charge in [0.25, 0.3) is 0 Å². The first-order valence-corrected chi connectivity index (χ1v) is 12.4. The van der Waals surface area contributed by atoms with Crippen LogP contribution in [-0.2, 0) is 26.2 Å². The van der Waals surface area contributed by atoms with Gasteiger partial charge in [0, 0.05) is 12.3 Å². The van der Waals surface area contributed by atoms with Gasteiger partial charge in [-0.2, -0.15) is 0 Å². The van der Waals surface area contributed by atoms with Crippen molar-refractivity contribution in [2.24, 2.45) is 0 Å². The molecule has 3 rings (SSSR count). The second kappa shape index (κ2) is 9.49. The van der Waals surface area contributed by atoms with Gasteiger partial charge >= 0.3 is 5.97 Å². The monoisotopic (exact) mass is 473 g/mol. The average molecular weight is 474 g/mol. The molecule has 0 aliphatic heterocycles. The van der Waals surface area contributed by atoms with E-state index in [1.165, 1.54) is 35.3 Å². The number of carbonyl (C=O) groups is 2. The molecule has 168 valence electrons. The fraction of sp³-hybridized carbons (Fsp3) is 0.227. The van der Waals surface area contributed by atoms with Crippen LogP contribution in [0.25, 0.3) is 0 Å². The summed E-state index contributed by atoms with van der Waals surface area (Å²) in [5.41, 5.74) is 3.47. The van der Waals surface area contributed by atoms with Gasteiger partial charge < -0.3 is 4.74 Å². The maximum absolute atomic E-state index is 12.5. The third-order valence-corrected chi connectivity index (χ3v) is 5.90. The highest BCUT2D eigenvalue weighted by Gasteiger charge is 2.21. The minimum absolute atomic E-state index is 0.0917. The minimum Gasteiger partial charge on any atom is -0.455 e. The zero-order valence-corrected chi connectivity index (χ0v) is 19.7. The number of hydrogen-bond donors (Lipinski definition) is 1. The molecule has 1 aromatic heterocycles. The van der Waals surface area contributed by atoms with E-state index in [1.807, 2.05) is 32.0 Å². The van der Waals surface area contributed by atoms with Crippen molar-refractivity contribution >= 4 is 49.7 Å². The van der Waals surface area contributed by atoms with Crippen molar-refractivity contribution in [1.82, 2.24) is 4.98 Å². The maximum Gasteiger partial charge on any atom is 0.340 e. The third-order valence-electron chi connectivity index (χ3n) is 4.43. The smallest absolute Gasteiger partial charge is 0.340 e. The summed E-state index contributed by atoms with van der Waals surface area (Å²) >= 11 is 1.26. The first-order valence-electron chi connectivity index (χ1n) is 9.61. The lowest BCUT2D eigenvalue weighted by atomic mass is 10.1. The van der Waals surface area contributed by atoms with Crippen LogP contribution in [0.1, 0.15) is 34.1 Å². The van der Waals surface area contributed by atoms with Crippen LogP contribution >= 0.6 is 11.3 Å². The highest BCUT2D eigenvalue weighted by Crippen LogP contribution is 2.32. The Hall–Kier alpha value is -3.24. The predicted octanol–water partition coefficient (Wildman–Crippen LogP) is 4.17. The first-order chi connectivity index (χ1) is 15.0. The summed E-state index contributed by atoms with van der Waals surface area (Å²) in [6, 6.07) is 12.0. The number of nitrogens with one attached hydrogen (secondary N) is 1. The molecule has 8 nitrogen and oxygen atoms in total. The van der Waals surface area contributed by atoms with Gasteiger partial charge in [0.1, 0.15) is 6.61 Å². The van der Waals surface area contributed by atoms with Gasteiger partial charge in [-0.25, -0.2) is 18.2 Å². The SMILES string of the molecule is CC(=O)N(c1nc(COC(=O)c2ccccc2NS(C)(=O)=O)cs1)c1ccc(C)cc1C. The molecule has 3 aromatic rings. The number of esters is 1. The second-order valence-corrected chi connectivity index (χ2v) is 9.85. The van der Waals surface area contributed by atoms with E-state index in [-0.39, 0.29) is 23.8 Å². The van der Waals surface area contributed by atoms with Crippen LogP contribution in [-0.4, -0.2) is 31.5 Å². The second-order valence-electron chi connectivity index (χ2n) is 7.26. The number of benzene rings is 2. The van der Waals surface area contributed by atoms with Crippen molar-refractivity contribution in [2.75, 3.05) is 15.9 Å². The van der Waals surface area contributed by atoms with Crippen molar-refractivity contribution < 1.29 is 22.7 Å². The van der Waals surface area contributed by atoms with Crippen LogP contribution < -0.4 is 9.62 Å². The van der Waals surface area contributed by atoms with Crippen molar-refractivity contribution in [3.8, 4) is 0 Å². The number of amides is 1. The molecule has 0 saturated carbocycles. The number of ether oxygens (including phenoxy) is 1. The van der Waals surface area contributed by atoms with E-state index in [0.29, 0.717) is 10.8 Å². The Kier molecular flexibility index (Phi) is 6.95. The lowest BCUT2D eigenvalue weighted by molar-refractivity contribution is -0.115. The van der Waals surface area contributed by atoms with E-state index < -0.39 is 16.0 Å². The van der Waals surface area contributed by atoms with Gasteiger partial charge in [-0.3, -0.25) is 14.4 Å². The number of para-hydroxylation sites is 1. The molecule has 1 N–H and O–H groups in total. The predicted molar refractivity (Wildman–Crippen MR) is 125 cm³/mol. The average Bonchev–Trinajstić information content (AvgIpc) is 3.15. The summed E-state index contributed by atoms with van der Waals surface area (Å²) in [4.78, 5) is 30.8. The topological polar surface area (TPSA) is 106 Å². The van der Waals surface area contributed by atoms with Gasteiger partial charge in [0.2, 0.25) is 15.9 Å². The molecule has 0 spiro atoms. The highest BCUT2D eigenvalue weighted by molar-refractivity contribution is 7.92. The number of sulfonamides is 1. The standard InChI is InChI=1S/C22H23N3O5S2/c1-14-9-10-20(15(2)11-14)25(16(3)26)22-23-17(13-31-22)12-30-21(27)18-7-5-6-8-19(18)24-32(4,28)29/h5-11,13,24H,12H2,1-4H3. The lowest BCUT2D eigenvalue weighted by Gasteiger charge is -2.20. The molecule has 0 fully saturated rings. The Labute approximate surface area is 190 Å². The zero-order chi connectivity index (χ0) is 23.5. The van der Waals surface area contributed by atoms with Crippen molar-refractivity contribution in [2.45, 2.75) is 27.4 Å². The minimum atomic E-state index is -3.55.